The second-order valence-corrected chi connectivity index (χ2v) is 3.19. The molecule has 4 nitrogen and oxygen atoms in total. The molecule has 16 heavy (non-hydrogen) atoms. The first-order chi connectivity index (χ1) is 7.65. The van der Waals surface area contributed by atoms with Crippen molar-refractivity contribution < 1.29 is 14.7 Å². The summed E-state index contributed by atoms with van der Waals surface area (Å²) in [6.45, 7) is 1.69. The molecule has 84 valence electrons. The maximum atomic E-state index is 11.3. The quantitative estimate of drug-likeness (QED) is 0.754. The number of carbonyl (C=O) groups excluding carboxylic acids is 1. The Morgan fingerprint density at radius 2 is 1.94 bits per heavy atom. The summed E-state index contributed by atoms with van der Waals surface area (Å²) in [6.07, 6.45) is 2.85. The lowest BCUT2D eigenvalue weighted by Crippen LogP contribution is -2.32. The van der Waals surface area contributed by atoms with Crippen molar-refractivity contribution in [3.05, 3.63) is 48.0 Å². The number of hydrogen-bond acceptors (Lipinski definition) is 2. The monoisotopic (exact) mass is 219 g/mol. The van der Waals surface area contributed by atoms with Crippen LogP contribution in [0.15, 0.2) is 42.5 Å². The van der Waals surface area contributed by atoms with E-state index >= 15 is 0 Å². The highest BCUT2D eigenvalue weighted by atomic mass is 16.4. The molecule has 2 N–H and O–H groups in total. The first-order valence-corrected chi connectivity index (χ1v) is 4.86. The molecule has 0 aliphatic heterocycles. The second kappa shape index (κ2) is 5.70. The molecule has 0 aromatic heterocycles. The van der Waals surface area contributed by atoms with Gasteiger partial charge in [-0.15, -0.1) is 0 Å². The molecule has 1 aromatic rings. The van der Waals surface area contributed by atoms with Crippen LogP contribution in [0.3, 0.4) is 0 Å². The van der Waals surface area contributed by atoms with E-state index < -0.39 is 17.9 Å². The minimum Gasteiger partial charge on any atom is -0.479 e. The van der Waals surface area contributed by atoms with E-state index in [0.717, 1.165) is 0 Å². The third kappa shape index (κ3) is 3.24. The molecule has 0 aliphatic carbocycles. The highest BCUT2D eigenvalue weighted by Crippen LogP contribution is 2.12. The summed E-state index contributed by atoms with van der Waals surface area (Å²) in [6, 6.07) is 7.56. The lowest BCUT2D eigenvalue weighted by atomic mass is 10.1. The summed E-state index contributed by atoms with van der Waals surface area (Å²) in [5.41, 5.74) is 0.549. The Hall–Kier alpha value is -2.10. The van der Waals surface area contributed by atoms with Gasteiger partial charge < -0.3 is 10.4 Å². The van der Waals surface area contributed by atoms with Crippen molar-refractivity contribution in [2.24, 2.45) is 0 Å². The van der Waals surface area contributed by atoms with Gasteiger partial charge in [0.1, 0.15) is 0 Å². The lowest BCUT2D eigenvalue weighted by Gasteiger charge is -2.13. The first-order valence-electron chi connectivity index (χ1n) is 4.86. The van der Waals surface area contributed by atoms with Gasteiger partial charge in [-0.1, -0.05) is 36.4 Å². The predicted octanol–water partition coefficient (Wildman–Crippen LogP) is 1.50. The number of benzene rings is 1. The van der Waals surface area contributed by atoms with Crippen molar-refractivity contribution >= 4 is 11.9 Å². The van der Waals surface area contributed by atoms with Crippen LogP contribution in [0.4, 0.5) is 0 Å². The van der Waals surface area contributed by atoms with Gasteiger partial charge in [0.15, 0.2) is 6.04 Å². The molecular formula is C12H13NO3. The van der Waals surface area contributed by atoms with E-state index in [1.165, 1.54) is 6.08 Å². The van der Waals surface area contributed by atoms with Crippen molar-refractivity contribution in [3.8, 4) is 0 Å². The fraction of sp³-hybridized carbons (Fsp3) is 0.167. The summed E-state index contributed by atoms with van der Waals surface area (Å²) in [5, 5.41) is 11.4. The number of rotatable bonds is 4. The Morgan fingerprint density at radius 1 is 1.31 bits per heavy atom. The minimum atomic E-state index is -1.08. The number of hydrogen-bond donors (Lipinski definition) is 2. The van der Waals surface area contributed by atoms with E-state index in [4.69, 9.17) is 5.11 Å². The van der Waals surface area contributed by atoms with Crippen LogP contribution in [0.25, 0.3) is 0 Å². The number of carboxylic acid groups (broad SMARTS) is 1. The smallest absolute Gasteiger partial charge is 0.330 e. The maximum absolute atomic E-state index is 11.3. The minimum absolute atomic E-state index is 0.418. The fourth-order valence-electron chi connectivity index (χ4n) is 1.27. The molecule has 1 amide bonds. The van der Waals surface area contributed by atoms with E-state index in [1.54, 1.807) is 43.3 Å². The van der Waals surface area contributed by atoms with Crippen LogP contribution in [-0.2, 0) is 9.59 Å². The number of carboxylic acids is 1. The van der Waals surface area contributed by atoms with Crippen molar-refractivity contribution in [2.75, 3.05) is 0 Å². The molecule has 1 atom stereocenters. The largest absolute Gasteiger partial charge is 0.479 e. The van der Waals surface area contributed by atoms with Crippen molar-refractivity contribution in [1.82, 2.24) is 5.32 Å². The number of aliphatic carboxylic acids is 1. The molecule has 0 saturated heterocycles. The SMILES string of the molecule is CC=CC(=O)NC(C(=O)O)c1ccccc1. The van der Waals surface area contributed by atoms with Gasteiger partial charge in [0, 0.05) is 0 Å². The molecule has 0 saturated carbocycles. The zero-order chi connectivity index (χ0) is 12.0. The van der Waals surface area contributed by atoms with E-state index in [0.29, 0.717) is 5.56 Å². The maximum Gasteiger partial charge on any atom is 0.330 e. The summed E-state index contributed by atoms with van der Waals surface area (Å²) < 4.78 is 0. The summed E-state index contributed by atoms with van der Waals surface area (Å²) >= 11 is 0. The Bertz CT molecular complexity index is 398. The Labute approximate surface area is 93.6 Å². The Morgan fingerprint density at radius 3 is 2.44 bits per heavy atom. The standard InChI is InChI=1S/C12H13NO3/c1-2-6-10(14)13-11(12(15)16)9-7-4-3-5-8-9/h2-8,11H,1H3,(H,13,14)(H,15,16). The highest BCUT2D eigenvalue weighted by molar-refractivity contribution is 5.91. The third-order valence-corrected chi connectivity index (χ3v) is 1.98. The van der Waals surface area contributed by atoms with Gasteiger partial charge in [-0.25, -0.2) is 4.79 Å². The summed E-state index contributed by atoms with van der Waals surface area (Å²) in [7, 11) is 0. The van der Waals surface area contributed by atoms with Crippen LogP contribution < -0.4 is 5.32 Å². The highest BCUT2D eigenvalue weighted by Gasteiger charge is 2.20. The van der Waals surface area contributed by atoms with Gasteiger partial charge in [0.2, 0.25) is 5.91 Å². The zero-order valence-corrected chi connectivity index (χ0v) is 8.88. The average Bonchev–Trinajstić information content (AvgIpc) is 2.27. The van der Waals surface area contributed by atoms with Crippen molar-refractivity contribution in [1.29, 1.82) is 0 Å². The average molecular weight is 219 g/mol. The van der Waals surface area contributed by atoms with Crippen molar-refractivity contribution in [3.63, 3.8) is 0 Å². The van der Waals surface area contributed by atoms with Crippen LogP contribution in [0.5, 0.6) is 0 Å². The van der Waals surface area contributed by atoms with E-state index in [-0.39, 0.29) is 0 Å². The number of allylic oxidation sites excluding steroid dienone is 1. The Kier molecular flexibility index (Phi) is 4.27. The van der Waals surface area contributed by atoms with Crippen molar-refractivity contribution in [2.45, 2.75) is 13.0 Å². The molecule has 1 rings (SSSR count). The molecule has 1 aromatic carbocycles. The first kappa shape index (κ1) is 12.0. The topological polar surface area (TPSA) is 66.4 Å². The molecule has 0 heterocycles. The van der Waals surface area contributed by atoms with Crippen LogP contribution in [0, 0.1) is 0 Å². The lowest BCUT2D eigenvalue weighted by molar-refractivity contribution is -0.141. The van der Waals surface area contributed by atoms with E-state index in [1.807, 2.05) is 0 Å². The third-order valence-electron chi connectivity index (χ3n) is 1.98. The Balaban J connectivity index is 2.85. The zero-order valence-electron chi connectivity index (χ0n) is 8.88. The number of carbonyl (C=O) groups is 2. The van der Waals surface area contributed by atoms with Gasteiger partial charge >= 0.3 is 5.97 Å². The van der Waals surface area contributed by atoms with E-state index in [2.05, 4.69) is 5.32 Å². The summed E-state index contributed by atoms with van der Waals surface area (Å²) in [5.74, 6) is -1.50. The molecule has 0 bridgehead atoms. The molecule has 4 heteroatoms. The fourth-order valence-corrected chi connectivity index (χ4v) is 1.27. The number of amides is 1. The van der Waals surface area contributed by atoms with Gasteiger partial charge in [-0.3, -0.25) is 4.79 Å². The molecule has 0 spiro atoms. The van der Waals surface area contributed by atoms with Gasteiger partial charge in [-0.05, 0) is 18.6 Å². The van der Waals surface area contributed by atoms with Crippen LogP contribution in [0.2, 0.25) is 0 Å². The molecule has 0 radical (unpaired) electrons. The van der Waals surface area contributed by atoms with Gasteiger partial charge in [0.05, 0.1) is 0 Å². The molecule has 0 aliphatic rings. The summed E-state index contributed by atoms with van der Waals surface area (Å²) in [4.78, 5) is 22.3. The normalized spacial score (nSPS) is 12.3. The second-order valence-electron chi connectivity index (χ2n) is 3.19. The van der Waals surface area contributed by atoms with Gasteiger partial charge in [-0.2, -0.15) is 0 Å². The molecule has 0 fully saturated rings. The van der Waals surface area contributed by atoms with Crippen LogP contribution in [-0.4, -0.2) is 17.0 Å². The van der Waals surface area contributed by atoms with E-state index in [9.17, 15) is 9.59 Å². The predicted molar refractivity (Wildman–Crippen MR) is 59.8 cm³/mol. The number of nitrogens with one attached hydrogen (secondary N) is 1. The van der Waals surface area contributed by atoms with Crippen LogP contribution >= 0.6 is 0 Å². The van der Waals surface area contributed by atoms with Gasteiger partial charge in [0.25, 0.3) is 0 Å². The molecular weight excluding hydrogens is 206 g/mol. The van der Waals surface area contributed by atoms with Crippen LogP contribution in [0.1, 0.15) is 18.5 Å². The molecule has 1 unspecified atom stereocenters.